The number of nitrogens with one attached hydrogen (secondary N) is 1. The fourth-order valence-corrected chi connectivity index (χ4v) is 2.78. The first-order valence-electron chi connectivity index (χ1n) is 4.58. The van der Waals surface area contributed by atoms with E-state index in [0.717, 1.165) is 18.0 Å². The van der Waals surface area contributed by atoms with Gasteiger partial charge in [-0.05, 0) is 32.0 Å². The molecule has 0 saturated heterocycles. The van der Waals surface area contributed by atoms with Gasteiger partial charge in [0.25, 0.3) is 0 Å². The van der Waals surface area contributed by atoms with E-state index in [2.05, 4.69) is 25.2 Å². The first-order chi connectivity index (χ1) is 6.15. The summed E-state index contributed by atoms with van der Waals surface area (Å²) < 4.78 is 0. The van der Waals surface area contributed by atoms with Crippen molar-refractivity contribution in [2.75, 3.05) is 13.6 Å². The molecule has 0 aromatic carbocycles. The second-order valence-corrected chi connectivity index (χ2v) is 5.01. The highest BCUT2D eigenvalue weighted by atomic mass is 35.5. The Labute approximate surface area is 89.1 Å². The molecule has 0 amide bonds. The van der Waals surface area contributed by atoms with Gasteiger partial charge in [0.15, 0.2) is 0 Å². The predicted octanol–water partition coefficient (Wildman–Crippen LogP) is 3.29. The minimum Gasteiger partial charge on any atom is -0.319 e. The van der Waals surface area contributed by atoms with Crippen molar-refractivity contribution in [3.8, 4) is 0 Å². The lowest BCUT2D eigenvalue weighted by molar-refractivity contribution is 0.799. The molecule has 0 aliphatic heterocycles. The maximum Gasteiger partial charge on any atom is 0.0550 e. The smallest absolute Gasteiger partial charge is 0.0550 e. The van der Waals surface area contributed by atoms with E-state index < -0.39 is 0 Å². The molecular formula is C10H16ClNS. The lowest BCUT2D eigenvalue weighted by Gasteiger charge is -1.99. The van der Waals surface area contributed by atoms with Gasteiger partial charge in [0.2, 0.25) is 0 Å². The summed E-state index contributed by atoms with van der Waals surface area (Å²) in [7, 11) is 1.97. The average molecular weight is 218 g/mol. The fraction of sp³-hybridized carbons (Fsp3) is 0.600. The number of rotatable bonds is 4. The molecule has 0 saturated carbocycles. The molecule has 1 aromatic heterocycles. The molecule has 0 fully saturated rings. The summed E-state index contributed by atoms with van der Waals surface area (Å²) in [6.45, 7) is 5.38. The van der Waals surface area contributed by atoms with Gasteiger partial charge in [0, 0.05) is 9.75 Å². The highest BCUT2D eigenvalue weighted by Gasteiger charge is 2.09. The van der Waals surface area contributed by atoms with Gasteiger partial charge in [-0.15, -0.1) is 11.3 Å². The Morgan fingerprint density at radius 1 is 1.54 bits per heavy atom. The van der Waals surface area contributed by atoms with Crippen LogP contribution in [0, 0.1) is 0 Å². The third-order valence-electron chi connectivity index (χ3n) is 1.91. The SMILES string of the molecule is CNCCc1cc(Cl)c(C(C)C)s1. The molecule has 0 aliphatic carbocycles. The zero-order valence-corrected chi connectivity index (χ0v) is 9.93. The topological polar surface area (TPSA) is 12.0 Å². The van der Waals surface area contributed by atoms with Gasteiger partial charge in [0.05, 0.1) is 5.02 Å². The summed E-state index contributed by atoms with van der Waals surface area (Å²) >= 11 is 7.94. The molecule has 0 atom stereocenters. The largest absolute Gasteiger partial charge is 0.319 e. The predicted molar refractivity (Wildman–Crippen MR) is 61.0 cm³/mol. The van der Waals surface area contributed by atoms with E-state index in [1.165, 1.54) is 9.75 Å². The molecule has 0 unspecified atom stereocenters. The van der Waals surface area contributed by atoms with E-state index in [0.29, 0.717) is 5.92 Å². The summed E-state index contributed by atoms with van der Waals surface area (Å²) in [5, 5.41) is 4.07. The van der Waals surface area contributed by atoms with Gasteiger partial charge in [-0.25, -0.2) is 0 Å². The van der Waals surface area contributed by atoms with E-state index in [1.54, 1.807) is 0 Å². The first kappa shape index (κ1) is 11.0. The van der Waals surface area contributed by atoms with Crippen molar-refractivity contribution in [1.29, 1.82) is 0 Å². The van der Waals surface area contributed by atoms with Gasteiger partial charge in [-0.2, -0.15) is 0 Å². The molecule has 3 heteroatoms. The van der Waals surface area contributed by atoms with Crippen molar-refractivity contribution in [3.05, 3.63) is 20.8 Å². The first-order valence-corrected chi connectivity index (χ1v) is 5.77. The van der Waals surface area contributed by atoms with Crippen LogP contribution in [0.1, 0.15) is 29.5 Å². The van der Waals surface area contributed by atoms with Crippen LogP contribution in [0.2, 0.25) is 5.02 Å². The van der Waals surface area contributed by atoms with E-state index >= 15 is 0 Å². The number of likely N-dealkylation sites (N-methyl/N-ethyl adjacent to an activating group) is 1. The summed E-state index contributed by atoms with van der Waals surface area (Å²) in [6, 6.07) is 2.10. The van der Waals surface area contributed by atoms with Crippen LogP contribution in [0.15, 0.2) is 6.07 Å². The third-order valence-corrected chi connectivity index (χ3v) is 3.83. The third kappa shape index (κ3) is 2.97. The van der Waals surface area contributed by atoms with Crippen molar-refractivity contribution in [2.24, 2.45) is 0 Å². The summed E-state index contributed by atoms with van der Waals surface area (Å²) in [5.74, 6) is 0.542. The quantitative estimate of drug-likeness (QED) is 0.816. The zero-order valence-electron chi connectivity index (χ0n) is 8.36. The van der Waals surface area contributed by atoms with E-state index in [4.69, 9.17) is 11.6 Å². The summed E-state index contributed by atoms with van der Waals surface area (Å²) in [5.41, 5.74) is 0. The molecule has 1 heterocycles. The lowest BCUT2D eigenvalue weighted by atomic mass is 10.2. The van der Waals surface area contributed by atoms with Crippen LogP contribution in [-0.4, -0.2) is 13.6 Å². The minimum absolute atomic E-state index is 0.542. The number of hydrogen-bond donors (Lipinski definition) is 1. The van der Waals surface area contributed by atoms with Gasteiger partial charge in [0.1, 0.15) is 0 Å². The van der Waals surface area contributed by atoms with Crippen LogP contribution in [0.3, 0.4) is 0 Å². The van der Waals surface area contributed by atoms with Crippen LogP contribution in [0.25, 0.3) is 0 Å². The Morgan fingerprint density at radius 3 is 2.69 bits per heavy atom. The number of halogens is 1. The normalized spacial score (nSPS) is 11.2. The van der Waals surface area contributed by atoms with Crippen LogP contribution >= 0.6 is 22.9 Å². The second kappa shape index (κ2) is 4.99. The Hall–Kier alpha value is -0.0500. The molecule has 1 rings (SSSR count). The maximum absolute atomic E-state index is 6.11. The van der Waals surface area contributed by atoms with Gasteiger partial charge >= 0.3 is 0 Å². The van der Waals surface area contributed by atoms with Crippen molar-refractivity contribution < 1.29 is 0 Å². The molecule has 1 N–H and O–H groups in total. The molecule has 74 valence electrons. The highest BCUT2D eigenvalue weighted by molar-refractivity contribution is 7.12. The lowest BCUT2D eigenvalue weighted by Crippen LogP contribution is -2.09. The average Bonchev–Trinajstić information content (AvgIpc) is 2.43. The van der Waals surface area contributed by atoms with Gasteiger partial charge in [-0.1, -0.05) is 25.4 Å². The monoisotopic (exact) mass is 217 g/mol. The van der Waals surface area contributed by atoms with Crippen LogP contribution < -0.4 is 5.32 Å². The van der Waals surface area contributed by atoms with E-state index in [1.807, 2.05) is 18.4 Å². The van der Waals surface area contributed by atoms with Crippen molar-refractivity contribution in [1.82, 2.24) is 5.32 Å². The van der Waals surface area contributed by atoms with Crippen LogP contribution in [0.4, 0.5) is 0 Å². The van der Waals surface area contributed by atoms with Crippen LogP contribution in [-0.2, 0) is 6.42 Å². The second-order valence-electron chi connectivity index (χ2n) is 3.43. The van der Waals surface area contributed by atoms with E-state index in [9.17, 15) is 0 Å². The molecule has 1 nitrogen and oxygen atoms in total. The Balaban J connectivity index is 2.71. The van der Waals surface area contributed by atoms with Gasteiger partial charge in [-0.3, -0.25) is 0 Å². The molecular weight excluding hydrogens is 202 g/mol. The van der Waals surface area contributed by atoms with E-state index in [-0.39, 0.29) is 0 Å². The molecule has 1 aromatic rings. The molecule has 0 aliphatic rings. The Bertz CT molecular complexity index is 268. The highest BCUT2D eigenvalue weighted by Crippen LogP contribution is 2.33. The Morgan fingerprint density at radius 2 is 2.23 bits per heavy atom. The van der Waals surface area contributed by atoms with Crippen molar-refractivity contribution >= 4 is 22.9 Å². The minimum atomic E-state index is 0.542. The van der Waals surface area contributed by atoms with Crippen molar-refractivity contribution in [2.45, 2.75) is 26.2 Å². The fourth-order valence-electron chi connectivity index (χ4n) is 1.20. The number of thiophene rings is 1. The van der Waals surface area contributed by atoms with Crippen LogP contribution in [0.5, 0.6) is 0 Å². The van der Waals surface area contributed by atoms with Crippen molar-refractivity contribution in [3.63, 3.8) is 0 Å². The standard InChI is InChI=1S/C10H16ClNS/c1-7(2)10-9(11)6-8(13-10)4-5-12-3/h6-7,12H,4-5H2,1-3H3. The summed E-state index contributed by atoms with van der Waals surface area (Å²) in [6.07, 6.45) is 1.08. The molecule has 0 radical (unpaired) electrons. The zero-order chi connectivity index (χ0) is 9.84. The van der Waals surface area contributed by atoms with Gasteiger partial charge < -0.3 is 5.32 Å². The summed E-state index contributed by atoms with van der Waals surface area (Å²) in [4.78, 5) is 2.69. The molecule has 0 bridgehead atoms. The molecule has 13 heavy (non-hydrogen) atoms. The number of hydrogen-bond acceptors (Lipinski definition) is 2. The molecule has 0 spiro atoms. The maximum atomic E-state index is 6.11. The Kier molecular flexibility index (Phi) is 4.23.